The van der Waals surface area contributed by atoms with Crippen molar-refractivity contribution >= 4 is 28.1 Å². The number of aromatic nitrogens is 3. The maximum atomic E-state index is 9.28. The van der Waals surface area contributed by atoms with Crippen LogP contribution < -0.4 is 0 Å². The zero-order valence-corrected chi connectivity index (χ0v) is 12.3. The van der Waals surface area contributed by atoms with Gasteiger partial charge in [-0.1, -0.05) is 43.9 Å². The molecule has 2 aromatic heterocycles. The molecule has 0 amide bonds. The minimum atomic E-state index is -0.698. The van der Waals surface area contributed by atoms with Gasteiger partial charge in [-0.2, -0.15) is 0 Å². The van der Waals surface area contributed by atoms with Crippen LogP contribution in [-0.4, -0.2) is 43.3 Å². The number of thioether (sulfide) groups is 1. The molecule has 2 N–H and O–H groups in total. The maximum absolute atomic E-state index is 9.28. The molecule has 2 aromatic rings. The molecule has 0 aliphatic rings. The predicted octanol–water partition coefficient (Wildman–Crippen LogP) is 1.53. The first kappa shape index (κ1) is 13.8. The quantitative estimate of drug-likeness (QED) is 0.835. The molecule has 0 saturated carbocycles. The molecule has 0 spiro atoms. The second-order valence-electron chi connectivity index (χ2n) is 5.12. The van der Waals surface area contributed by atoms with E-state index in [0.717, 1.165) is 15.0 Å². The monoisotopic (exact) mass is 287 g/mol. The molecule has 0 saturated heterocycles. The summed E-state index contributed by atoms with van der Waals surface area (Å²) < 4.78 is 2.63. The van der Waals surface area contributed by atoms with E-state index in [0.29, 0.717) is 5.75 Å². The van der Waals surface area contributed by atoms with Crippen LogP contribution in [0.2, 0.25) is 0 Å². The summed E-state index contributed by atoms with van der Waals surface area (Å²) in [5.74, 6) is 0.444. The van der Waals surface area contributed by atoms with Gasteiger partial charge in [-0.05, 0) is 0 Å². The first-order chi connectivity index (χ1) is 8.40. The Morgan fingerprint density at radius 2 is 2.22 bits per heavy atom. The van der Waals surface area contributed by atoms with Gasteiger partial charge in [0.2, 0.25) is 4.96 Å². The molecule has 0 aliphatic carbocycles. The Kier molecular flexibility index (Phi) is 3.96. The number of aliphatic hydroxyl groups is 2. The third kappa shape index (κ3) is 3.03. The van der Waals surface area contributed by atoms with Crippen molar-refractivity contribution in [3.8, 4) is 0 Å². The summed E-state index contributed by atoms with van der Waals surface area (Å²) >= 11 is 2.93. The number of aliphatic hydroxyl groups excluding tert-OH is 2. The topological polar surface area (TPSA) is 70.7 Å². The molecule has 18 heavy (non-hydrogen) atoms. The van der Waals surface area contributed by atoms with Gasteiger partial charge in [0.15, 0.2) is 4.34 Å². The number of hydrogen-bond donors (Lipinski definition) is 2. The summed E-state index contributed by atoms with van der Waals surface area (Å²) in [7, 11) is 0. The van der Waals surface area contributed by atoms with E-state index in [1.165, 1.54) is 23.1 Å². The highest BCUT2D eigenvalue weighted by atomic mass is 32.2. The fraction of sp³-hybridized carbons (Fsp3) is 0.636. The van der Waals surface area contributed by atoms with Crippen molar-refractivity contribution in [1.29, 1.82) is 0 Å². The average molecular weight is 287 g/mol. The second-order valence-corrected chi connectivity index (χ2v) is 7.34. The fourth-order valence-corrected chi connectivity index (χ4v) is 3.19. The van der Waals surface area contributed by atoms with Crippen molar-refractivity contribution in [3.63, 3.8) is 0 Å². The summed E-state index contributed by atoms with van der Waals surface area (Å²) in [6.07, 6.45) is 1.25. The Morgan fingerprint density at radius 1 is 1.50 bits per heavy atom. The van der Waals surface area contributed by atoms with Gasteiger partial charge in [0, 0.05) is 11.2 Å². The van der Waals surface area contributed by atoms with Crippen LogP contribution in [0.5, 0.6) is 0 Å². The Morgan fingerprint density at radius 3 is 2.78 bits per heavy atom. The molecule has 0 aliphatic heterocycles. The van der Waals surface area contributed by atoms with Gasteiger partial charge in [0.1, 0.15) is 0 Å². The minimum Gasteiger partial charge on any atom is -0.394 e. The smallest absolute Gasteiger partial charge is 0.213 e. The molecule has 0 aromatic carbocycles. The number of fused-ring (bicyclic) bond motifs is 1. The lowest BCUT2D eigenvalue weighted by molar-refractivity contribution is 0.113. The van der Waals surface area contributed by atoms with E-state index < -0.39 is 6.10 Å². The number of hydrogen-bond acceptors (Lipinski definition) is 6. The zero-order chi connectivity index (χ0) is 13.3. The summed E-state index contributed by atoms with van der Waals surface area (Å²) in [6.45, 7) is 6.13. The normalized spacial score (nSPS) is 14.3. The molecular weight excluding hydrogens is 270 g/mol. The molecule has 1 atom stereocenters. The van der Waals surface area contributed by atoms with Gasteiger partial charge in [0.05, 0.1) is 24.6 Å². The molecule has 0 radical (unpaired) electrons. The van der Waals surface area contributed by atoms with Crippen molar-refractivity contribution in [2.45, 2.75) is 36.6 Å². The molecule has 2 heterocycles. The lowest BCUT2D eigenvalue weighted by atomic mass is 9.93. The highest BCUT2D eigenvalue weighted by Gasteiger charge is 2.19. The SMILES string of the molecule is CC(C)(C)c1cn2nc(SC[C@H](O)CO)sc2n1. The summed E-state index contributed by atoms with van der Waals surface area (Å²) in [4.78, 5) is 5.41. The molecule has 0 unspecified atom stereocenters. The third-order valence-electron chi connectivity index (χ3n) is 2.40. The van der Waals surface area contributed by atoms with Crippen LogP contribution in [0.4, 0.5) is 0 Å². The van der Waals surface area contributed by atoms with Crippen LogP contribution in [0.15, 0.2) is 10.5 Å². The van der Waals surface area contributed by atoms with Gasteiger partial charge < -0.3 is 10.2 Å². The molecule has 5 nitrogen and oxygen atoms in total. The third-order valence-corrected chi connectivity index (χ3v) is 4.60. The van der Waals surface area contributed by atoms with Crippen molar-refractivity contribution in [2.24, 2.45) is 0 Å². The highest BCUT2D eigenvalue weighted by molar-refractivity contribution is 8.01. The van der Waals surface area contributed by atoms with Crippen molar-refractivity contribution in [1.82, 2.24) is 14.6 Å². The first-order valence-electron chi connectivity index (χ1n) is 5.68. The van der Waals surface area contributed by atoms with Crippen molar-refractivity contribution < 1.29 is 10.2 Å². The summed E-state index contributed by atoms with van der Waals surface area (Å²) in [6, 6.07) is 0. The van der Waals surface area contributed by atoms with E-state index in [-0.39, 0.29) is 12.0 Å². The number of rotatable bonds is 4. The Labute approximate surface area is 114 Å². The van der Waals surface area contributed by atoms with Crippen LogP contribution in [0.3, 0.4) is 0 Å². The summed E-state index contributed by atoms with van der Waals surface area (Å²) in [5.41, 5.74) is 1.04. The van der Waals surface area contributed by atoms with E-state index in [4.69, 9.17) is 5.11 Å². The molecule has 100 valence electrons. The number of nitrogens with zero attached hydrogens (tertiary/aromatic N) is 3. The largest absolute Gasteiger partial charge is 0.394 e. The highest BCUT2D eigenvalue weighted by Crippen LogP contribution is 2.28. The molecule has 0 bridgehead atoms. The van der Waals surface area contributed by atoms with E-state index >= 15 is 0 Å². The Hall–Kier alpha value is -0.630. The van der Waals surface area contributed by atoms with Gasteiger partial charge in [-0.15, -0.1) is 5.10 Å². The average Bonchev–Trinajstić information content (AvgIpc) is 2.82. The maximum Gasteiger partial charge on any atom is 0.213 e. The Bertz CT molecular complexity index is 498. The lowest BCUT2D eigenvalue weighted by Gasteiger charge is -2.13. The van der Waals surface area contributed by atoms with Gasteiger partial charge >= 0.3 is 0 Å². The van der Waals surface area contributed by atoms with E-state index in [9.17, 15) is 5.11 Å². The molecule has 0 fully saturated rings. The van der Waals surface area contributed by atoms with Crippen LogP contribution in [0.1, 0.15) is 26.5 Å². The Balaban J connectivity index is 2.12. The van der Waals surface area contributed by atoms with Crippen LogP contribution in [0, 0.1) is 0 Å². The fourth-order valence-electron chi connectivity index (χ4n) is 1.32. The second kappa shape index (κ2) is 5.16. The van der Waals surface area contributed by atoms with E-state index in [2.05, 4.69) is 30.9 Å². The van der Waals surface area contributed by atoms with Crippen LogP contribution in [-0.2, 0) is 5.41 Å². The van der Waals surface area contributed by atoms with Gasteiger partial charge in [-0.25, -0.2) is 9.50 Å². The number of imidazole rings is 1. The standard InChI is InChI=1S/C11H17N3O2S2/c1-11(2,3)8-4-14-9(12-8)18-10(13-14)17-6-7(16)5-15/h4,7,15-16H,5-6H2,1-3H3/t7-/m1/s1. The van der Waals surface area contributed by atoms with Crippen molar-refractivity contribution in [2.75, 3.05) is 12.4 Å². The van der Waals surface area contributed by atoms with Gasteiger partial charge in [-0.3, -0.25) is 0 Å². The zero-order valence-electron chi connectivity index (χ0n) is 10.6. The van der Waals surface area contributed by atoms with Crippen LogP contribution >= 0.6 is 23.1 Å². The minimum absolute atomic E-state index is 0.0216. The van der Waals surface area contributed by atoms with E-state index in [1.807, 2.05) is 6.20 Å². The van der Waals surface area contributed by atoms with Crippen molar-refractivity contribution in [3.05, 3.63) is 11.9 Å². The van der Waals surface area contributed by atoms with Crippen LogP contribution in [0.25, 0.3) is 4.96 Å². The lowest BCUT2D eigenvalue weighted by Crippen LogP contribution is -2.14. The summed E-state index contributed by atoms with van der Waals surface area (Å²) in [5, 5.41) is 22.4. The first-order valence-corrected chi connectivity index (χ1v) is 7.49. The molecule has 2 rings (SSSR count). The van der Waals surface area contributed by atoms with Gasteiger partial charge in [0.25, 0.3) is 0 Å². The molecule has 7 heteroatoms. The van der Waals surface area contributed by atoms with E-state index in [1.54, 1.807) is 4.52 Å². The molecular formula is C11H17N3O2S2. The predicted molar refractivity (Wildman–Crippen MR) is 73.4 cm³/mol.